The molecule has 270 valence electrons. The van der Waals surface area contributed by atoms with E-state index >= 15 is 0 Å². The van der Waals surface area contributed by atoms with Crippen molar-refractivity contribution >= 4 is 49.8 Å². The monoisotopic (exact) mass is 729 g/mol. The van der Waals surface area contributed by atoms with Gasteiger partial charge in [0.15, 0.2) is 0 Å². The molecule has 0 fully saturated rings. The summed E-state index contributed by atoms with van der Waals surface area (Å²) in [5.74, 6) is 0. The van der Waals surface area contributed by atoms with Gasteiger partial charge in [-0.1, -0.05) is 166 Å². The summed E-state index contributed by atoms with van der Waals surface area (Å²) >= 11 is 0. The van der Waals surface area contributed by atoms with Gasteiger partial charge in [0.1, 0.15) is 11.2 Å². The van der Waals surface area contributed by atoms with E-state index in [-0.39, 0.29) is 5.41 Å². The molecular weight excluding hydrogens is 691 g/mol. The lowest BCUT2D eigenvalue weighted by Gasteiger charge is -2.30. The molecule has 0 unspecified atom stereocenters. The lowest BCUT2D eigenvalue weighted by Crippen LogP contribution is -2.15. The molecule has 0 spiro atoms. The Kier molecular flexibility index (Phi) is 7.55. The van der Waals surface area contributed by atoms with Crippen molar-refractivity contribution in [1.29, 1.82) is 0 Å². The van der Waals surface area contributed by atoms with E-state index in [4.69, 9.17) is 4.42 Å². The Bertz CT molecular complexity index is 3170. The maximum Gasteiger partial charge on any atom is 0.136 e. The predicted molar refractivity (Wildman–Crippen MR) is 240 cm³/mol. The molecule has 1 aliphatic carbocycles. The van der Waals surface area contributed by atoms with Crippen LogP contribution in [0.1, 0.15) is 25.0 Å². The largest absolute Gasteiger partial charge is 0.456 e. The van der Waals surface area contributed by atoms with Crippen molar-refractivity contribution in [1.82, 2.24) is 0 Å². The Balaban J connectivity index is 1.12. The highest BCUT2D eigenvalue weighted by Crippen LogP contribution is 2.54. The quantitative estimate of drug-likeness (QED) is 0.169. The molecule has 1 heterocycles. The van der Waals surface area contributed by atoms with Gasteiger partial charge in [0, 0.05) is 33.0 Å². The second-order valence-corrected chi connectivity index (χ2v) is 15.7. The number of hydrogen-bond donors (Lipinski definition) is 0. The molecule has 0 aliphatic heterocycles. The fourth-order valence-electron chi connectivity index (χ4n) is 9.26. The third-order valence-electron chi connectivity index (χ3n) is 12.1. The van der Waals surface area contributed by atoms with Gasteiger partial charge in [-0.25, -0.2) is 0 Å². The van der Waals surface area contributed by atoms with Gasteiger partial charge in [0.2, 0.25) is 0 Å². The molecule has 0 saturated heterocycles. The first kappa shape index (κ1) is 33.2. The number of fused-ring (bicyclic) bond motifs is 7. The van der Waals surface area contributed by atoms with E-state index in [1.807, 2.05) is 12.1 Å². The van der Waals surface area contributed by atoms with Crippen LogP contribution in [0.25, 0.3) is 77.2 Å². The second-order valence-electron chi connectivity index (χ2n) is 15.7. The summed E-state index contributed by atoms with van der Waals surface area (Å²) in [6, 6.07) is 72.7. The maximum atomic E-state index is 6.42. The summed E-state index contributed by atoms with van der Waals surface area (Å²) in [5.41, 5.74) is 17.4. The second kappa shape index (κ2) is 13.0. The van der Waals surface area contributed by atoms with E-state index in [9.17, 15) is 0 Å². The summed E-state index contributed by atoms with van der Waals surface area (Å²) in [6.45, 7) is 4.71. The average molecular weight is 730 g/mol. The zero-order valence-corrected chi connectivity index (χ0v) is 31.9. The Morgan fingerprint density at radius 3 is 1.82 bits per heavy atom. The number of benzene rings is 9. The predicted octanol–water partition coefficient (Wildman–Crippen LogP) is 15.5. The first-order valence-electron chi connectivity index (χ1n) is 19.8. The van der Waals surface area contributed by atoms with Crippen LogP contribution in [0.4, 0.5) is 17.1 Å². The lowest BCUT2D eigenvalue weighted by molar-refractivity contribution is 0.660. The molecule has 2 heteroatoms. The third kappa shape index (κ3) is 5.33. The Labute approximate surface area is 332 Å². The van der Waals surface area contributed by atoms with Gasteiger partial charge >= 0.3 is 0 Å². The number of anilines is 3. The average Bonchev–Trinajstić information content (AvgIpc) is 3.75. The molecule has 2 nitrogen and oxygen atoms in total. The van der Waals surface area contributed by atoms with Gasteiger partial charge in [-0.3, -0.25) is 0 Å². The van der Waals surface area contributed by atoms with Crippen LogP contribution in [-0.4, -0.2) is 0 Å². The molecule has 11 rings (SSSR count). The highest BCUT2D eigenvalue weighted by molar-refractivity contribution is 6.07. The van der Waals surface area contributed by atoms with Crippen LogP contribution in [-0.2, 0) is 5.41 Å². The molecule has 0 amide bonds. The molecule has 0 N–H and O–H groups in total. The number of furan rings is 1. The summed E-state index contributed by atoms with van der Waals surface area (Å²) in [5, 5.41) is 4.75. The first-order valence-corrected chi connectivity index (χ1v) is 19.8. The normalized spacial score (nSPS) is 12.9. The van der Waals surface area contributed by atoms with Gasteiger partial charge in [-0.05, 0) is 104 Å². The summed E-state index contributed by atoms with van der Waals surface area (Å²) in [4.78, 5) is 2.45. The lowest BCUT2D eigenvalue weighted by atomic mass is 9.82. The number of nitrogens with zero attached hydrogens (tertiary/aromatic N) is 1. The molecule has 1 aromatic heterocycles. The molecule has 0 bridgehead atoms. The molecule has 0 radical (unpaired) electrons. The van der Waals surface area contributed by atoms with Crippen LogP contribution in [0.3, 0.4) is 0 Å². The third-order valence-corrected chi connectivity index (χ3v) is 12.1. The first-order chi connectivity index (χ1) is 28.0. The smallest absolute Gasteiger partial charge is 0.136 e. The Morgan fingerprint density at radius 2 is 0.982 bits per heavy atom. The maximum absolute atomic E-state index is 6.42. The number of rotatable bonds is 6. The molecule has 10 aromatic rings. The van der Waals surface area contributed by atoms with Gasteiger partial charge in [-0.2, -0.15) is 0 Å². The molecule has 0 saturated carbocycles. The van der Waals surface area contributed by atoms with Crippen LogP contribution in [0.5, 0.6) is 0 Å². The summed E-state index contributed by atoms with van der Waals surface area (Å²) < 4.78 is 6.42. The van der Waals surface area contributed by atoms with Crippen molar-refractivity contribution in [3.05, 3.63) is 211 Å². The van der Waals surface area contributed by atoms with Crippen LogP contribution in [0.2, 0.25) is 0 Å². The fraction of sp³-hybridized carbons (Fsp3) is 0.0545. The highest BCUT2D eigenvalue weighted by Gasteiger charge is 2.37. The van der Waals surface area contributed by atoms with Crippen molar-refractivity contribution < 1.29 is 4.42 Å². The number of hydrogen-bond acceptors (Lipinski definition) is 2. The van der Waals surface area contributed by atoms with Gasteiger partial charge in [0.25, 0.3) is 0 Å². The summed E-state index contributed by atoms with van der Waals surface area (Å²) in [6.07, 6.45) is 0. The molecule has 0 atom stereocenters. The molecular formula is C55H39NO. The zero-order chi connectivity index (χ0) is 38.1. The summed E-state index contributed by atoms with van der Waals surface area (Å²) in [7, 11) is 0. The van der Waals surface area contributed by atoms with E-state index in [1.165, 1.54) is 55.3 Å². The van der Waals surface area contributed by atoms with Gasteiger partial charge in [-0.15, -0.1) is 0 Å². The Hall–Kier alpha value is -7.16. The number of para-hydroxylation sites is 3. The van der Waals surface area contributed by atoms with Crippen molar-refractivity contribution in [2.24, 2.45) is 0 Å². The van der Waals surface area contributed by atoms with E-state index in [0.717, 1.165) is 50.1 Å². The zero-order valence-electron chi connectivity index (χ0n) is 31.9. The minimum Gasteiger partial charge on any atom is -0.456 e. The van der Waals surface area contributed by atoms with Crippen molar-refractivity contribution in [2.75, 3.05) is 4.90 Å². The standard InChI is InChI=1S/C55H39NO/c1-55(2)48-21-9-5-19-47(48)54-46(20-13-22-49(54)55)43-17-7-11-24-51(43)56(41-31-28-37(29-32-41)39-27-26-36-14-3-4-15-38(36)34-39)50-23-10-6-16-42(50)40-30-33-45-44-18-8-12-25-52(44)57-53(45)35-40/h3-35H,1-2H3. The van der Waals surface area contributed by atoms with Crippen molar-refractivity contribution in [3.63, 3.8) is 0 Å². The minimum absolute atomic E-state index is 0.100. The van der Waals surface area contributed by atoms with Crippen LogP contribution in [0, 0.1) is 0 Å². The van der Waals surface area contributed by atoms with Crippen LogP contribution < -0.4 is 4.90 Å². The molecule has 57 heavy (non-hydrogen) atoms. The van der Waals surface area contributed by atoms with E-state index in [0.29, 0.717) is 0 Å². The van der Waals surface area contributed by atoms with E-state index < -0.39 is 0 Å². The van der Waals surface area contributed by atoms with Crippen LogP contribution >= 0.6 is 0 Å². The SMILES string of the molecule is CC1(C)c2ccccc2-c2c(-c3ccccc3N(c3ccc(-c4ccc5ccccc5c4)cc3)c3ccccc3-c3ccc4c(c3)oc3ccccc34)cccc21. The fourth-order valence-corrected chi connectivity index (χ4v) is 9.26. The van der Waals surface area contributed by atoms with Crippen LogP contribution in [0.15, 0.2) is 205 Å². The van der Waals surface area contributed by atoms with Gasteiger partial charge in [0.05, 0.1) is 11.4 Å². The minimum atomic E-state index is -0.100. The molecule has 1 aliphatic rings. The Morgan fingerprint density at radius 1 is 0.386 bits per heavy atom. The topological polar surface area (TPSA) is 16.4 Å². The van der Waals surface area contributed by atoms with Gasteiger partial charge < -0.3 is 9.32 Å². The van der Waals surface area contributed by atoms with Crippen molar-refractivity contribution in [2.45, 2.75) is 19.3 Å². The van der Waals surface area contributed by atoms with E-state index in [2.05, 4.69) is 207 Å². The molecule has 9 aromatic carbocycles. The van der Waals surface area contributed by atoms with Crippen molar-refractivity contribution in [3.8, 4) is 44.5 Å². The highest BCUT2D eigenvalue weighted by atomic mass is 16.3. The van der Waals surface area contributed by atoms with E-state index in [1.54, 1.807) is 0 Å².